The lowest BCUT2D eigenvalue weighted by atomic mass is 10.1. The second-order valence-electron chi connectivity index (χ2n) is 4.69. The molecule has 1 aromatic heterocycles. The van der Waals surface area contributed by atoms with Crippen molar-refractivity contribution in [2.75, 3.05) is 13.2 Å². The summed E-state index contributed by atoms with van der Waals surface area (Å²) in [5.41, 5.74) is 2.22. The van der Waals surface area contributed by atoms with Crippen molar-refractivity contribution in [3.8, 4) is 0 Å². The maximum atomic E-state index is 5.64. The Hall–Kier alpha value is -1.45. The summed E-state index contributed by atoms with van der Waals surface area (Å²) in [5.74, 6) is 0. The molecule has 1 N–H and O–H groups in total. The quantitative estimate of drug-likeness (QED) is 0.793. The van der Waals surface area contributed by atoms with Gasteiger partial charge in [-0.3, -0.25) is 4.98 Å². The minimum atomic E-state index is 0.514. The molecule has 0 unspecified atom stereocenters. The van der Waals surface area contributed by atoms with Crippen LogP contribution < -0.4 is 5.32 Å². The maximum Gasteiger partial charge on any atom is 0.0717 e. The van der Waals surface area contributed by atoms with Crippen LogP contribution >= 0.6 is 0 Å². The van der Waals surface area contributed by atoms with E-state index in [-0.39, 0.29) is 0 Å². The van der Waals surface area contributed by atoms with Crippen molar-refractivity contribution >= 4 is 10.9 Å². The summed E-state index contributed by atoms with van der Waals surface area (Å²) in [6.07, 6.45) is 1.82. The Balaban J connectivity index is 1.84. The predicted octanol–water partition coefficient (Wildman–Crippen LogP) is 2.75. The fourth-order valence-electron chi connectivity index (χ4n) is 1.82. The summed E-state index contributed by atoms with van der Waals surface area (Å²) in [4.78, 5) is 4.30. The number of aromatic nitrogens is 1. The van der Waals surface area contributed by atoms with E-state index >= 15 is 0 Å². The number of benzene rings is 1. The number of hydrogen-bond donors (Lipinski definition) is 1. The van der Waals surface area contributed by atoms with Crippen LogP contribution in [-0.2, 0) is 11.3 Å². The van der Waals surface area contributed by atoms with Gasteiger partial charge in [0.15, 0.2) is 0 Å². The van der Waals surface area contributed by atoms with Crippen LogP contribution in [-0.4, -0.2) is 24.2 Å². The molecule has 0 saturated heterocycles. The molecule has 0 atom stereocenters. The average Bonchev–Trinajstić information content (AvgIpc) is 2.38. The fraction of sp³-hybridized carbons (Fsp3) is 0.400. The highest BCUT2D eigenvalue weighted by Gasteiger charge is 1.98. The number of nitrogens with one attached hydrogen (secondary N) is 1. The second kappa shape index (κ2) is 6.47. The zero-order valence-electron chi connectivity index (χ0n) is 11.0. The van der Waals surface area contributed by atoms with Crippen molar-refractivity contribution < 1.29 is 4.74 Å². The van der Waals surface area contributed by atoms with Crippen molar-refractivity contribution in [2.45, 2.75) is 26.5 Å². The van der Waals surface area contributed by atoms with E-state index in [1.54, 1.807) is 0 Å². The van der Waals surface area contributed by atoms with E-state index in [9.17, 15) is 0 Å². The zero-order chi connectivity index (χ0) is 12.8. The highest BCUT2D eigenvalue weighted by molar-refractivity contribution is 5.78. The SMILES string of the molecule is CC(C)NCCOCc1ccc2ncccc2c1. The normalized spacial score (nSPS) is 11.3. The largest absolute Gasteiger partial charge is 0.375 e. The van der Waals surface area contributed by atoms with Crippen LogP contribution in [0.25, 0.3) is 10.9 Å². The van der Waals surface area contributed by atoms with Crippen LogP contribution in [0.1, 0.15) is 19.4 Å². The first kappa shape index (κ1) is 13.0. The van der Waals surface area contributed by atoms with Crippen molar-refractivity contribution in [1.29, 1.82) is 0 Å². The molecule has 0 spiro atoms. The van der Waals surface area contributed by atoms with Crippen LogP contribution in [0.2, 0.25) is 0 Å². The minimum Gasteiger partial charge on any atom is -0.375 e. The molecule has 96 valence electrons. The molecule has 0 aliphatic rings. The summed E-state index contributed by atoms with van der Waals surface area (Å²) in [6, 6.07) is 10.8. The summed E-state index contributed by atoms with van der Waals surface area (Å²) in [7, 11) is 0. The monoisotopic (exact) mass is 244 g/mol. The first-order chi connectivity index (χ1) is 8.75. The molecule has 3 heteroatoms. The average molecular weight is 244 g/mol. The molecular formula is C15H20N2O. The Morgan fingerprint density at radius 1 is 1.28 bits per heavy atom. The topological polar surface area (TPSA) is 34.1 Å². The highest BCUT2D eigenvalue weighted by Crippen LogP contribution is 2.13. The first-order valence-electron chi connectivity index (χ1n) is 6.40. The standard InChI is InChI=1S/C15H20N2O/c1-12(2)16-8-9-18-11-13-5-6-15-14(10-13)4-3-7-17-15/h3-7,10,12,16H,8-9,11H2,1-2H3. The molecule has 2 rings (SSSR count). The number of fused-ring (bicyclic) bond motifs is 1. The molecule has 1 heterocycles. The lowest BCUT2D eigenvalue weighted by Gasteiger charge is -2.09. The molecule has 2 aromatic rings. The van der Waals surface area contributed by atoms with Crippen molar-refractivity contribution in [3.05, 3.63) is 42.1 Å². The predicted molar refractivity (Wildman–Crippen MR) is 74.5 cm³/mol. The van der Waals surface area contributed by atoms with Crippen LogP contribution in [0.3, 0.4) is 0 Å². The van der Waals surface area contributed by atoms with Gasteiger partial charge in [0.2, 0.25) is 0 Å². The van der Waals surface area contributed by atoms with Crippen LogP contribution in [0.4, 0.5) is 0 Å². The van der Waals surface area contributed by atoms with E-state index in [0.717, 1.165) is 18.7 Å². The number of ether oxygens (including phenoxy) is 1. The van der Waals surface area contributed by atoms with E-state index < -0.39 is 0 Å². The van der Waals surface area contributed by atoms with Gasteiger partial charge in [-0.05, 0) is 23.8 Å². The molecule has 18 heavy (non-hydrogen) atoms. The van der Waals surface area contributed by atoms with Gasteiger partial charge in [-0.2, -0.15) is 0 Å². The Morgan fingerprint density at radius 2 is 2.17 bits per heavy atom. The van der Waals surface area contributed by atoms with Gasteiger partial charge in [0.05, 0.1) is 18.7 Å². The lowest BCUT2D eigenvalue weighted by Crippen LogP contribution is -2.26. The molecular weight excluding hydrogens is 224 g/mol. The summed E-state index contributed by atoms with van der Waals surface area (Å²) >= 11 is 0. The number of hydrogen-bond acceptors (Lipinski definition) is 3. The van der Waals surface area contributed by atoms with E-state index in [2.05, 4.69) is 42.3 Å². The third kappa shape index (κ3) is 3.79. The van der Waals surface area contributed by atoms with Crippen molar-refractivity contribution in [1.82, 2.24) is 10.3 Å². The van der Waals surface area contributed by atoms with Crippen molar-refractivity contribution in [2.24, 2.45) is 0 Å². The number of nitrogens with zero attached hydrogens (tertiary/aromatic N) is 1. The van der Waals surface area contributed by atoms with Crippen LogP contribution in [0.15, 0.2) is 36.5 Å². The smallest absolute Gasteiger partial charge is 0.0717 e. The summed E-state index contributed by atoms with van der Waals surface area (Å²) in [5, 5.41) is 4.49. The van der Waals surface area contributed by atoms with Gasteiger partial charge < -0.3 is 10.1 Å². The fourth-order valence-corrected chi connectivity index (χ4v) is 1.82. The van der Waals surface area contributed by atoms with E-state index in [0.29, 0.717) is 12.6 Å². The van der Waals surface area contributed by atoms with E-state index in [1.807, 2.05) is 18.3 Å². The molecule has 0 saturated carbocycles. The molecule has 3 nitrogen and oxygen atoms in total. The molecule has 0 radical (unpaired) electrons. The van der Waals surface area contributed by atoms with Gasteiger partial charge in [0.1, 0.15) is 0 Å². The van der Waals surface area contributed by atoms with E-state index in [4.69, 9.17) is 4.74 Å². The molecule has 0 amide bonds. The Kier molecular flexibility index (Phi) is 4.67. The molecule has 0 fully saturated rings. The van der Waals surface area contributed by atoms with E-state index in [1.165, 1.54) is 10.9 Å². The number of pyridine rings is 1. The lowest BCUT2D eigenvalue weighted by molar-refractivity contribution is 0.121. The number of rotatable bonds is 6. The summed E-state index contributed by atoms with van der Waals surface area (Å²) < 4.78 is 5.64. The molecule has 0 aliphatic carbocycles. The molecule has 0 bridgehead atoms. The molecule has 1 aromatic carbocycles. The second-order valence-corrected chi connectivity index (χ2v) is 4.69. The third-order valence-electron chi connectivity index (χ3n) is 2.74. The van der Waals surface area contributed by atoms with Gasteiger partial charge in [0, 0.05) is 24.2 Å². The Bertz CT molecular complexity index is 497. The van der Waals surface area contributed by atoms with Gasteiger partial charge in [-0.15, -0.1) is 0 Å². The highest BCUT2D eigenvalue weighted by atomic mass is 16.5. The maximum absolute atomic E-state index is 5.64. The van der Waals surface area contributed by atoms with Gasteiger partial charge >= 0.3 is 0 Å². The minimum absolute atomic E-state index is 0.514. The Labute approximate surface area is 108 Å². The first-order valence-corrected chi connectivity index (χ1v) is 6.40. The third-order valence-corrected chi connectivity index (χ3v) is 2.74. The van der Waals surface area contributed by atoms with Gasteiger partial charge in [0.25, 0.3) is 0 Å². The van der Waals surface area contributed by atoms with Crippen LogP contribution in [0, 0.1) is 0 Å². The summed E-state index contributed by atoms with van der Waals surface area (Å²) in [6.45, 7) is 6.56. The Morgan fingerprint density at radius 3 is 3.00 bits per heavy atom. The van der Waals surface area contributed by atoms with Crippen LogP contribution in [0.5, 0.6) is 0 Å². The molecule has 0 aliphatic heterocycles. The van der Waals surface area contributed by atoms with Gasteiger partial charge in [-0.1, -0.05) is 26.0 Å². The van der Waals surface area contributed by atoms with Crippen molar-refractivity contribution in [3.63, 3.8) is 0 Å². The van der Waals surface area contributed by atoms with Gasteiger partial charge in [-0.25, -0.2) is 0 Å². The zero-order valence-corrected chi connectivity index (χ0v) is 11.0.